The Labute approximate surface area is 139 Å². The van der Waals surface area contributed by atoms with E-state index in [1.807, 2.05) is 50.4 Å². The molecule has 1 aliphatic rings. The van der Waals surface area contributed by atoms with E-state index in [2.05, 4.69) is 0 Å². The van der Waals surface area contributed by atoms with Crippen LogP contribution in [0.4, 0.5) is 0 Å². The fourth-order valence-electron chi connectivity index (χ4n) is 2.37. The zero-order valence-electron chi connectivity index (χ0n) is 13.4. The van der Waals surface area contributed by atoms with Gasteiger partial charge in [-0.2, -0.15) is 0 Å². The van der Waals surface area contributed by atoms with Crippen LogP contribution in [0.25, 0.3) is 6.08 Å². The smallest absolute Gasteiger partial charge is 0.232 e. The molecular weight excluding hydrogens is 308 g/mol. The van der Waals surface area contributed by atoms with Crippen LogP contribution >= 0.6 is 11.3 Å². The lowest BCUT2D eigenvalue weighted by atomic mass is 10.0. The van der Waals surface area contributed by atoms with Gasteiger partial charge in [0.15, 0.2) is 5.76 Å². The molecule has 0 saturated heterocycles. The van der Waals surface area contributed by atoms with E-state index in [9.17, 15) is 4.79 Å². The van der Waals surface area contributed by atoms with Crippen LogP contribution in [0.3, 0.4) is 0 Å². The van der Waals surface area contributed by atoms with Crippen LogP contribution in [0.1, 0.15) is 34.6 Å². The van der Waals surface area contributed by atoms with Crippen molar-refractivity contribution < 1.29 is 14.3 Å². The summed E-state index contributed by atoms with van der Waals surface area (Å²) in [5.74, 6) is 1.59. The van der Waals surface area contributed by atoms with Crippen molar-refractivity contribution >= 4 is 23.2 Å². The fourth-order valence-corrected chi connectivity index (χ4v) is 3.01. The quantitative estimate of drug-likeness (QED) is 0.585. The molecule has 0 fully saturated rings. The molecule has 3 rings (SSSR count). The highest BCUT2D eigenvalue weighted by Crippen LogP contribution is 2.37. The molecule has 0 spiro atoms. The highest BCUT2D eigenvalue weighted by Gasteiger charge is 2.30. The topological polar surface area (TPSA) is 35.5 Å². The minimum absolute atomic E-state index is 0.0678. The number of hydrogen-bond donors (Lipinski definition) is 0. The van der Waals surface area contributed by atoms with Crippen LogP contribution in [-0.2, 0) is 0 Å². The first-order valence-corrected chi connectivity index (χ1v) is 8.31. The Balaban J connectivity index is 1.86. The average Bonchev–Trinajstić information content (AvgIpc) is 3.08. The third-order valence-corrected chi connectivity index (χ3v) is 4.32. The summed E-state index contributed by atoms with van der Waals surface area (Å²) in [5.41, 5.74) is 2.70. The Hall–Kier alpha value is -2.33. The van der Waals surface area contributed by atoms with E-state index >= 15 is 0 Å². The molecule has 1 aliphatic heterocycles. The second-order valence-corrected chi connectivity index (χ2v) is 6.64. The molecule has 0 bridgehead atoms. The Bertz CT molecular complexity index is 794. The molecule has 0 amide bonds. The van der Waals surface area contributed by atoms with Crippen LogP contribution in [-0.4, -0.2) is 12.4 Å². The predicted octanol–water partition coefficient (Wildman–Crippen LogP) is 5.02. The monoisotopic (exact) mass is 326 g/mol. The number of carbonyl (C=O) groups is 1. The van der Waals surface area contributed by atoms with Crippen LogP contribution in [0.2, 0.25) is 0 Å². The molecule has 0 saturated carbocycles. The molecule has 0 N–H and O–H groups in total. The van der Waals surface area contributed by atoms with Crippen molar-refractivity contribution in [2.24, 2.45) is 0 Å². The fraction of sp³-hybridized carbons (Fsp3) is 0.211. The van der Waals surface area contributed by atoms with Crippen molar-refractivity contribution in [1.82, 2.24) is 0 Å². The normalized spacial score (nSPS) is 14.6. The molecule has 4 heteroatoms. The van der Waals surface area contributed by atoms with Gasteiger partial charge in [0.1, 0.15) is 18.1 Å². The molecule has 1 aromatic heterocycles. The van der Waals surface area contributed by atoms with Gasteiger partial charge in [0.25, 0.3) is 0 Å². The highest BCUT2D eigenvalue weighted by molar-refractivity contribution is 7.10. The van der Waals surface area contributed by atoms with E-state index in [0.717, 1.165) is 10.4 Å². The largest absolute Gasteiger partial charge is 0.489 e. The lowest BCUT2D eigenvalue weighted by Gasteiger charge is -2.07. The van der Waals surface area contributed by atoms with Gasteiger partial charge in [0.05, 0.1) is 5.56 Å². The van der Waals surface area contributed by atoms with E-state index in [-0.39, 0.29) is 5.78 Å². The summed E-state index contributed by atoms with van der Waals surface area (Å²) in [4.78, 5) is 13.5. The summed E-state index contributed by atoms with van der Waals surface area (Å²) in [6, 6.07) is 7.57. The highest BCUT2D eigenvalue weighted by atomic mass is 32.1. The molecular formula is C19H18O3S. The number of rotatable bonds is 4. The Morgan fingerprint density at radius 2 is 2.17 bits per heavy atom. The number of hydrogen-bond acceptors (Lipinski definition) is 4. The summed E-state index contributed by atoms with van der Waals surface area (Å²) < 4.78 is 11.5. The van der Waals surface area contributed by atoms with E-state index in [1.54, 1.807) is 23.5 Å². The van der Waals surface area contributed by atoms with Crippen molar-refractivity contribution in [2.75, 3.05) is 6.61 Å². The summed E-state index contributed by atoms with van der Waals surface area (Å²) in [5, 5.41) is 1.97. The Morgan fingerprint density at radius 3 is 2.87 bits per heavy atom. The maximum absolute atomic E-state index is 12.5. The van der Waals surface area contributed by atoms with Crippen molar-refractivity contribution in [3.05, 3.63) is 63.1 Å². The number of allylic oxidation sites excluding steroid dienone is 2. The van der Waals surface area contributed by atoms with Gasteiger partial charge >= 0.3 is 0 Å². The zero-order chi connectivity index (χ0) is 16.4. The number of fused-ring (bicyclic) bond motifs is 1. The van der Waals surface area contributed by atoms with Gasteiger partial charge in [-0.05, 0) is 49.9 Å². The predicted molar refractivity (Wildman–Crippen MR) is 93.4 cm³/mol. The molecule has 0 aliphatic carbocycles. The maximum atomic E-state index is 12.5. The van der Waals surface area contributed by atoms with Gasteiger partial charge in [-0.1, -0.05) is 11.6 Å². The molecule has 23 heavy (non-hydrogen) atoms. The summed E-state index contributed by atoms with van der Waals surface area (Å²) >= 11 is 1.57. The molecule has 2 heterocycles. The maximum Gasteiger partial charge on any atom is 0.232 e. The first kappa shape index (κ1) is 15.6. The second-order valence-electron chi connectivity index (χ2n) is 5.66. The summed E-state index contributed by atoms with van der Waals surface area (Å²) in [6.07, 6.45) is 3.80. The summed E-state index contributed by atoms with van der Waals surface area (Å²) in [6.45, 7) is 6.47. The molecule has 1 aromatic carbocycles. The second kappa shape index (κ2) is 6.42. The standard InChI is InChI=1S/C19H18O3S/c1-12(2)6-7-21-14-9-13(3)18-16(10-14)22-17(19(18)20)11-15-5-4-8-23-15/h4-6,8-11H,7H2,1-3H3/b17-11-. The number of carbonyl (C=O) groups excluding carboxylic acids is 1. The first-order valence-electron chi connectivity index (χ1n) is 7.43. The average molecular weight is 326 g/mol. The number of Topliss-reactive ketones (excluding diaryl/α,β-unsaturated/α-hetero) is 1. The van der Waals surface area contributed by atoms with Gasteiger partial charge in [-0.3, -0.25) is 4.79 Å². The van der Waals surface area contributed by atoms with E-state index < -0.39 is 0 Å². The molecule has 0 radical (unpaired) electrons. The third-order valence-electron chi connectivity index (χ3n) is 3.50. The first-order chi connectivity index (χ1) is 11.0. The van der Waals surface area contributed by atoms with E-state index in [1.165, 1.54) is 5.57 Å². The summed E-state index contributed by atoms with van der Waals surface area (Å²) in [7, 11) is 0. The zero-order valence-corrected chi connectivity index (χ0v) is 14.2. The molecule has 118 valence electrons. The molecule has 2 aromatic rings. The van der Waals surface area contributed by atoms with Crippen molar-refractivity contribution in [1.29, 1.82) is 0 Å². The van der Waals surface area contributed by atoms with Crippen LogP contribution in [0.5, 0.6) is 11.5 Å². The lowest BCUT2D eigenvalue weighted by Crippen LogP contribution is -1.99. The number of ether oxygens (including phenoxy) is 2. The molecule has 3 nitrogen and oxygen atoms in total. The SMILES string of the molecule is CC(C)=CCOc1cc(C)c2c(c1)O/C(=C\c1cccs1)C2=O. The lowest BCUT2D eigenvalue weighted by molar-refractivity contribution is 0.101. The van der Waals surface area contributed by atoms with Crippen molar-refractivity contribution in [2.45, 2.75) is 20.8 Å². The van der Waals surface area contributed by atoms with Crippen LogP contribution in [0.15, 0.2) is 47.1 Å². The minimum atomic E-state index is -0.0678. The van der Waals surface area contributed by atoms with Crippen molar-refractivity contribution in [3.8, 4) is 11.5 Å². The van der Waals surface area contributed by atoms with Crippen LogP contribution < -0.4 is 9.47 Å². The number of aryl methyl sites for hydroxylation is 1. The van der Waals surface area contributed by atoms with Gasteiger partial charge < -0.3 is 9.47 Å². The minimum Gasteiger partial charge on any atom is -0.489 e. The molecule has 0 unspecified atom stereocenters. The van der Waals surface area contributed by atoms with Crippen molar-refractivity contribution in [3.63, 3.8) is 0 Å². The van der Waals surface area contributed by atoms with Gasteiger partial charge in [-0.25, -0.2) is 0 Å². The Kier molecular flexibility index (Phi) is 4.35. The third kappa shape index (κ3) is 3.37. The van der Waals surface area contributed by atoms with E-state index in [4.69, 9.17) is 9.47 Å². The molecule has 0 atom stereocenters. The number of ketones is 1. The number of thiophene rings is 1. The Morgan fingerprint density at radius 1 is 1.35 bits per heavy atom. The van der Waals surface area contributed by atoms with E-state index in [0.29, 0.717) is 29.4 Å². The van der Waals surface area contributed by atoms with Gasteiger partial charge in [0.2, 0.25) is 5.78 Å². The van der Waals surface area contributed by atoms with Gasteiger partial charge in [0, 0.05) is 17.0 Å². The van der Waals surface area contributed by atoms with Crippen LogP contribution in [0, 0.1) is 6.92 Å². The van der Waals surface area contributed by atoms with Gasteiger partial charge in [-0.15, -0.1) is 11.3 Å². The number of benzene rings is 1.